The molecule has 1 aromatic rings. The molecule has 0 aromatic heterocycles. The Balaban J connectivity index is 1.54. The zero-order valence-electron chi connectivity index (χ0n) is 14.6. The van der Waals surface area contributed by atoms with Crippen molar-refractivity contribution in [3.05, 3.63) is 47.7 Å². The molecule has 0 N–H and O–H groups in total. The molecule has 0 unspecified atom stereocenters. The maximum Gasteiger partial charge on any atom is 0.0902 e. The molecule has 2 heterocycles. The molecule has 2 nitrogen and oxygen atoms in total. The summed E-state index contributed by atoms with van der Waals surface area (Å²) in [5.74, 6) is 6.67. The fourth-order valence-electron chi connectivity index (χ4n) is 3.37. The summed E-state index contributed by atoms with van der Waals surface area (Å²) in [7, 11) is 0. The van der Waals surface area contributed by atoms with Crippen molar-refractivity contribution >= 4 is 5.71 Å². The van der Waals surface area contributed by atoms with E-state index < -0.39 is 0 Å². The molecule has 0 bridgehead atoms. The van der Waals surface area contributed by atoms with E-state index in [-0.39, 0.29) is 0 Å². The Morgan fingerprint density at radius 3 is 2.67 bits per heavy atom. The molecular weight excluding hydrogens is 292 g/mol. The van der Waals surface area contributed by atoms with Crippen molar-refractivity contribution in [1.29, 1.82) is 0 Å². The van der Waals surface area contributed by atoms with Crippen LogP contribution in [0.15, 0.2) is 47.1 Å². The zero-order chi connectivity index (χ0) is 16.5. The SMILES string of the molecule is C(#CC1=NC(CN2CCCCC2)=CCCC1)CCc1ccccc1. The molecule has 2 aliphatic heterocycles. The first kappa shape index (κ1) is 17.0. The molecule has 0 amide bonds. The lowest BCUT2D eigenvalue weighted by atomic mass is 10.1. The minimum atomic E-state index is 0.911. The van der Waals surface area contributed by atoms with Crippen LogP contribution in [0.1, 0.15) is 50.5 Å². The van der Waals surface area contributed by atoms with Gasteiger partial charge in [-0.25, -0.2) is 4.99 Å². The van der Waals surface area contributed by atoms with Gasteiger partial charge in [0.1, 0.15) is 0 Å². The summed E-state index contributed by atoms with van der Waals surface area (Å²) >= 11 is 0. The van der Waals surface area contributed by atoms with Crippen LogP contribution >= 0.6 is 0 Å². The minimum absolute atomic E-state index is 0.911. The normalized spacial score (nSPS) is 18.8. The number of allylic oxidation sites excluding steroid dienone is 1. The molecule has 2 heteroatoms. The van der Waals surface area contributed by atoms with Crippen LogP contribution in [0.25, 0.3) is 0 Å². The highest BCUT2D eigenvalue weighted by Crippen LogP contribution is 2.15. The number of aliphatic imine (C=N–C) groups is 1. The Hall–Kier alpha value is -1.85. The second kappa shape index (κ2) is 9.45. The van der Waals surface area contributed by atoms with Crippen LogP contribution in [-0.2, 0) is 6.42 Å². The monoisotopic (exact) mass is 320 g/mol. The fourth-order valence-corrected chi connectivity index (χ4v) is 3.37. The van der Waals surface area contributed by atoms with Gasteiger partial charge in [0.05, 0.1) is 11.4 Å². The van der Waals surface area contributed by atoms with Crippen LogP contribution in [0.5, 0.6) is 0 Å². The zero-order valence-corrected chi connectivity index (χ0v) is 14.6. The number of nitrogens with zero attached hydrogens (tertiary/aromatic N) is 2. The average molecular weight is 320 g/mol. The maximum absolute atomic E-state index is 4.88. The van der Waals surface area contributed by atoms with Crippen molar-refractivity contribution in [1.82, 2.24) is 4.90 Å². The van der Waals surface area contributed by atoms with Crippen LogP contribution in [0.3, 0.4) is 0 Å². The fraction of sp³-hybridized carbons (Fsp3) is 0.500. The van der Waals surface area contributed by atoms with Crippen LogP contribution in [0, 0.1) is 11.8 Å². The van der Waals surface area contributed by atoms with Gasteiger partial charge in [0.2, 0.25) is 0 Å². The number of piperidine rings is 1. The molecule has 0 radical (unpaired) electrons. The van der Waals surface area contributed by atoms with Gasteiger partial charge in [-0.3, -0.25) is 4.90 Å². The number of hydrogen-bond acceptors (Lipinski definition) is 2. The lowest BCUT2D eigenvalue weighted by Crippen LogP contribution is -2.31. The van der Waals surface area contributed by atoms with E-state index in [0.717, 1.165) is 37.9 Å². The van der Waals surface area contributed by atoms with Crippen LogP contribution in [-0.4, -0.2) is 30.2 Å². The van der Waals surface area contributed by atoms with E-state index in [1.54, 1.807) is 0 Å². The number of rotatable bonds is 4. The van der Waals surface area contributed by atoms with E-state index in [1.165, 1.54) is 50.0 Å². The topological polar surface area (TPSA) is 15.6 Å². The van der Waals surface area contributed by atoms with Crippen LogP contribution < -0.4 is 0 Å². The van der Waals surface area contributed by atoms with Gasteiger partial charge < -0.3 is 0 Å². The molecule has 1 fully saturated rings. The van der Waals surface area contributed by atoms with Gasteiger partial charge >= 0.3 is 0 Å². The first-order chi connectivity index (χ1) is 11.9. The van der Waals surface area contributed by atoms with Crippen molar-refractivity contribution in [2.45, 2.75) is 51.4 Å². The lowest BCUT2D eigenvalue weighted by molar-refractivity contribution is 0.246. The minimum Gasteiger partial charge on any atom is -0.298 e. The molecule has 0 atom stereocenters. The van der Waals surface area contributed by atoms with Gasteiger partial charge in [-0.15, -0.1) is 0 Å². The average Bonchev–Trinajstić information content (AvgIpc) is 2.86. The summed E-state index contributed by atoms with van der Waals surface area (Å²) < 4.78 is 0. The van der Waals surface area contributed by atoms with Crippen LogP contribution in [0.4, 0.5) is 0 Å². The third kappa shape index (κ3) is 5.65. The van der Waals surface area contributed by atoms with E-state index in [2.05, 4.69) is 53.1 Å². The smallest absolute Gasteiger partial charge is 0.0902 e. The van der Waals surface area contributed by atoms with E-state index in [9.17, 15) is 0 Å². The van der Waals surface area contributed by atoms with E-state index >= 15 is 0 Å². The van der Waals surface area contributed by atoms with Gasteiger partial charge in [-0.05, 0) is 57.2 Å². The molecule has 0 spiro atoms. The third-order valence-corrected chi connectivity index (χ3v) is 4.72. The Labute approximate surface area is 146 Å². The highest BCUT2D eigenvalue weighted by atomic mass is 15.1. The molecular formula is C22H28N2. The van der Waals surface area contributed by atoms with Gasteiger partial charge in [0.15, 0.2) is 0 Å². The van der Waals surface area contributed by atoms with Gasteiger partial charge in [-0.1, -0.05) is 54.7 Å². The molecule has 0 aliphatic carbocycles. The summed E-state index contributed by atoms with van der Waals surface area (Å²) in [6, 6.07) is 10.6. The summed E-state index contributed by atoms with van der Waals surface area (Å²) in [6.45, 7) is 3.46. The maximum atomic E-state index is 4.88. The lowest BCUT2D eigenvalue weighted by Gasteiger charge is -2.26. The second-order valence-electron chi connectivity index (χ2n) is 6.77. The van der Waals surface area contributed by atoms with Crippen molar-refractivity contribution in [2.75, 3.05) is 19.6 Å². The number of likely N-dealkylation sites (tertiary alicyclic amines) is 1. The summed E-state index contributed by atoms with van der Waals surface area (Å²) in [5.41, 5.74) is 3.69. The Kier molecular flexibility index (Phi) is 6.69. The molecule has 1 saturated heterocycles. The highest BCUT2D eigenvalue weighted by Gasteiger charge is 2.13. The van der Waals surface area contributed by atoms with Crippen LogP contribution in [0.2, 0.25) is 0 Å². The Morgan fingerprint density at radius 1 is 1.00 bits per heavy atom. The van der Waals surface area contributed by atoms with E-state index in [1.807, 2.05) is 0 Å². The first-order valence-corrected chi connectivity index (χ1v) is 9.42. The molecule has 2 aliphatic rings. The quantitative estimate of drug-likeness (QED) is 0.739. The molecule has 3 rings (SSSR count). The summed E-state index contributed by atoms with van der Waals surface area (Å²) in [5, 5.41) is 0. The van der Waals surface area contributed by atoms with Crippen molar-refractivity contribution in [3.63, 3.8) is 0 Å². The van der Waals surface area contributed by atoms with Crippen molar-refractivity contribution in [3.8, 4) is 11.8 Å². The second-order valence-corrected chi connectivity index (χ2v) is 6.77. The molecule has 24 heavy (non-hydrogen) atoms. The molecule has 126 valence electrons. The Bertz CT molecular complexity index is 625. The largest absolute Gasteiger partial charge is 0.298 e. The predicted molar refractivity (Wildman–Crippen MR) is 102 cm³/mol. The first-order valence-electron chi connectivity index (χ1n) is 9.42. The van der Waals surface area contributed by atoms with Gasteiger partial charge in [-0.2, -0.15) is 0 Å². The standard InChI is InChI=1S/C22H28N2/c1-3-11-20(12-4-1)13-5-6-14-21-15-7-8-16-22(23-21)19-24-17-9-2-10-18-24/h1,3-4,11-12,16H,2,5,7-10,13,15,17-19H2. The third-order valence-electron chi connectivity index (χ3n) is 4.72. The summed E-state index contributed by atoms with van der Waals surface area (Å²) in [4.78, 5) is 7.42. The van der Waals surface area contributed by atoms with Gasteiger partial charge in [0, 0.05) is 13.0 Å². The number of hydrogen-bond donors (Lipinski definition) is 0. The predicted octanol–water partition coefficient (Wildman–Crippen LogP) is 4.62. The van der Waals surface area contributed by atoms with Crippen molar-refractivity contribution in [2.24, 2.45) is 4.99 Å². The van der Waals surface area contributed by atoms with E-state index in [0.29, 0.717) is 0 Å². The number of aryl methyl sites for hydroxylation is 1. The highest BCUT2D eigenvalue weighted by molar-refractivity contribution is 6.01. The Morgan fingerprint density at radius 2 is 1.83 bits per heavy atom. The van der Waals surface area contributed by atoms with Crippen molar-refractivity contribution < 1.29 is 0 Å². The van der Waals surface area contributed by atoms with Gasteiger partial charge in [0.25, 0.3) is 0 Å². The summed E-state index contributed by atoms with van der Waals surface area (Å²) in [6.07, 6.45) is 11.7. The molecule has 0 saturated carbocycles. The van der Waals surface area contributed by atoms with E-state index in [4.69, 9.17) is 4.99 Å². The molecule has 1 aromatic carbocycles. The number of benzene rings is 1.